The van der Waals surface area contributed by atoms with E-state index in [1.807, 2.05) is 0 Å². The van der Waals surface area contributed by atoms with Gasteiger partial charge >= 0.3 is 19.5 Å². The fourth-order valence-corrected chi connectivity index (χ4v) is 0. The molecule has 0 saturated carbocycles. The van der Waals surface area contributed by atoms with E-state index in [4.69, 9.17) is 14.1 Å². The maximum Gasteiger partial charge on any atom is 2.00 e. The molecule has 31 valence electrons. The first-order valence-electron chi connectivity index (χ1n) is 0.612. The van der Waals surface area contributed by atoms with E-state index < -0.39 is 9.17 Å². The van der Waals surface area contributed by atoms with Gasteiger partial charge in [-0.1, -0.05) is 0 Å². The fraction of sp³-hybridized carbons (Fsp3) is 0. The Morgan fingerprint density at radius 2 is 1.40 bits per heavy atom. The zero-order chi connectivity index (χ0) is 3.58. The summed E-state index contributed by atoms with van der Waals surface area (Å²) in [5, 5.41) is 0. The van der Waals surface area contributed by atoms with Gasteiger partial charge in [-0.3, -0.25) is 0 Å². The third-order valence-corrected chi connectivity index (χ3v) is 0. The molecular weight excluding hydrogens is 179 g/mol. The minimum absolute atomic E-state index is 0. The Morgan fingerprint density at radius 3 is 1.40 bits per heavy atom. The summed E-state index contributed by atoms with van der Waals surface area (Å²) in [6, 6.07) is 0. The van der Waals surface area contributed by atoms with Gasteiger partial charge in [0, 0.05) is 9.17 Å². The molecule has 0 aromatic rings. The Morgan fingerprint density at radius 1 is 1.40 bits per heavy atom. The molecule has 0 aromatic carbocycles. The van der Waals surface area contributed by atoms with Crippen LogP contribution in [0.2, 0.25) is 0 Å². The van der Waals surface area contributed by atoms with Gasteiger partial charge in [-0.2, -0.15) is 0 Å². The summed E-state index contributed by atoms with van der Waals surface area (Å²) in [5.41, 5.74) is 0. The van der Waals surface area contributed by atoms with Crippen molar-refractivity contribution in [2.45, 2.75) is 0 Å². The summed E-state index contributed by atoms with van der Waals surface area (Å²) in [4.78, 5) is 17.0. The van der Waals surface area contributed by atoms with Crippen LogP contribution in [0.15, 0.2) is 0 Å². The average molecular weight is 179 g/mol. The molecule has 3 nitrogen and oxygen atoms in total. The monoisotopic (exact) mass is 179 g/mol. The first-order chi connectivity index (χ1) is 1.73. The van der Waals surface area contributed by atoms with E-state index in [-0.39, 0.29) is 19.5 Å². The zero-order valence-corrected chi connectivity index (χ0v) is 4.70. The predicted octanol–water partition coefficient (Wildman–Crippen LogP) is -2.88. The summed E-state index contributed by atoms with van der Waals surface area (Å²) < 4.78 is 8.52. The fourth-order valence-electron chi connectivity index (χ4n) is 0. The van der Waals surface area contributed by atoms with Crippen LogP contribution in [0, 0.1) is 0 Å². The summed E-state index contributed by atoms with van der Waals surface area (Å²) in [5.74, 6) is 0. The van der Waals surface area contributed by atoms with Crippen LogP contribution < -0.4 is 9.59 Å². The number of rotatable bonds is 0. The zero-order valence-electron chi connectivity index (χ0n) is 2.06. The molecule has 0 aromatic heterocycles. The van der Waals surface area contributed by atoms with Crippen molar-refractivity contribution in [1.82, 2.24) is 0 Å². The second-order valence-corrected chi connectivity index (χ2v) is 0.750. The van der Waals surface area contributed by atoms with Gasteiger partial charge in [0.05, 0.1) is 0 Å². The first kappa shape index (κ1) is 8.97. The molecule has 0 saturated heterocycles. The molecule has 0 unspecified atom stereocenters. The quantitative estimate of drug-likeness (QED) is 0.375. The van der Waals surface area contributed by atoms with Crippen molar-refractivity contribution >= 4 is 9.17 Å². The molecule has 0 heterocycles. The van der Waals surface area contributed by atoms with Gasteiger partial charge in [0.15, 0.2) is 0 Å². The predicted molar refractivity (Wildman–Crippen MR) is 6.44 cm³/mol. The van der Waals surface area contributed by atoms with Crippen LogP contribution in [-0.4, -0.2) is 9.17 Å². The Kier molecular flexibility index (Phi) is 7.61. The topological polar surface area (TPSA) is 63.2 Å². The smallest absolute Gasteiger partial charge is 0.672 e. The molecule has 0 bridgehead atoms. The summed E-state index contributed by atoms with van der Waals surface area (Å²) in [6.45, 7) is 0. The van der Waals surface area contributed by atoms with E-state index >= 15 is 0 Å². The van der Waals surface area contributed by atoms with Crippen LogP contribution in [0.4, 0.5) is 0 Å². The Hall–Kier alpha value is 0.240. The van der Waals surface area contributed by atoms with Gasteiger partial charge in [0.2, 0.25) is 0 Å². The van der Waals surface area contributed by atoms with Crippen molar-refractivity contribution in [3.8, 4) is 0 Å². The SMILES string of the molecule is O=[Si]([O-])[O-].[Rh+2]. The third-order valence-electron chi connectivity index (χ3n) is 0. The van der Waals surface area contributed by atoms with Crippen LogP contribution in [0.3, 0.4) is 0 Å². The van der Waals surface area contributed by atoms with E-state index in [1.54, 1.807) is 0 Å². The molecule has 0 aliphatic carbocycles. The van der Waals surface area contributed by atoms with Gasteiger partial charge in [-0.15, -0.1) is 0 Å². The van der Waals surface area contributed by atoms with Crippen LogP contribution in [0.5, 0.6) is 0 Å². The van der Waals surface area contributed by atoms with E-state index in [2.05, 4.69) is 0 Å². The first-order valence-corrected chi connectivity index (χ1v) is 1.84. The molecule has 5 heteroatoms. The second kappa shape index (κ2) is 4.24. The molecular formula is O3RhSi. The minimum atomic E-state index is -3.63. The average Bonchev–Trinajstić information content (AvgIpc) is 0.811. The molecule has 0 N–H and O–H groups in total. The van der Waals surface area contributed by atoms with E-state index in [9.17, 15) is 0 Å². The number of hydrogen-bond donors (Lipinski definition) is 0. The maximum atomic E-state index is 8.52. The van der Waals surface area contributed by atoms with Gasteiger partial charge in [0.1, 0.15) is 0 Å². The van der Waals surface area contributed by atoms with Crippen LogP contribution in [0.1, 0.15) is 0 Å². The molecule has 0 rings (SSSR count). The van der Waals surface area contributed by atoms with Crippen LogP contribution in [-0.2, 0) is 23.9 Å². The Balaban J connectivity index is 0. The number of hydrogen-bond acceptors (Lipinski definition) is 3. The second-order valence-electron chi connectivity index (χ2n) is 0.250. The van der Waals surface area contributed by atoms with Crippen molar-refractivity contribution in [2.75, 3.05) is 0 Å². The van der Waals surface area contributed by atoms with Crippen molar-refractivity contribution < 1.29 is 33.5 Å². The third kappa shape index (κ3) is 369. The van der Waals surface area contributed by atoms with Crippen molar-refractivity contribution in [1.29, 1.82) is 0 Å². The van der Waals surface area contributed by atoms with E-state index in [0.717, 1.165) is 0 Å². The standard InChI is InChI=1S/O3Si.Rh/c1-4(2)3;/q-2;+2. The van der Waals surface area contributed by atoms with Gasteiger partial charge in [0.25, 0.3) is 0 Å². The van der Waals surface area contributed by atoms with Crippen LogP contribution in [0.25, 0.3) is 0 Å². The molecule has 5 heavy (non-hydrogen) atoms. The summed E-state index contributed by atoms with van der Waals surface area (Å²) >= 11 is 0. The molecule has 0 aliphatic rings. The molecule has 0 fully saturated rings. The molecule has 1 radical (unpaired) electrons. The molecule has 0 spiro atoms. The Labute approximate surface area is 43.3 Å². The normalized spacial score (nSPS) is 4.80. The Bertz CT molecular complexity index is 29.9. The maximum absolute atomic E-state index is 8.52. The minimum Gasteiger partial charge on any atom is -0.672 e. The summed E-state index contributed by atoms with van der Waals surface area (Å²) in [7, 11) is -3.63. The van der Waals surface area contributed by atoms with Crippen molar-refractivity contribution in [3.05, 3.63) is 0 Å². The van der Waals surface area contributed by atoms with Crippen molar-refractivity contribution in [3.63, 3.8) is 0 Å². The largest absolute Gasteiger partial charge is 2.00 e. The van der Waals surface area contributed by atoms with E-state index in [0.29, 0.717) is 0 Å². The van der Waals surface area contributed by atoms with Crippen molar-refractivity contribution in [2.24, 2.45) is 0 Å². The molecule has 0 aliphatic heterocycles. The molecule has 0 amide bonds. The van der Waals surface area contributed by atoms with Gasteiger partial charge in [-0.05, 0) is 0 Å². The summed E-state index contributed by atoms with van der Waals surface area (Å²) in [6.07, 6.45) is 0. The van der Waals surface area contributed by atoms with E-state index in [1.165, 1.54) is 0 Å². The van der Waals surface area contributed by atoms with Gasteiger partial charge in [-0.25, -0.2) is 0 Å². The van der Waals surface area contributed by atoms with Crippen LogP contribution >= 0.6 is 0 Å². The van der Waals surface area contributed by atoms with Gasteiger partial charge < -0.3 is 14.1 Å². The molecule has 0 atom stereocenters.